The summed E-state index contributed by atoms with van der Waals surface area (Å²) < 4.78 is 68.8. The van der Waals surface area contributed by atoms with Crippen molar-refractivity contribution in [2.75, 3.05) is 39.6 Å². The first kappa shape index (κ1) is 98.1. The molecule has 0 aliphatic rings. The number of ether oxygens (including phenoxy) is 4. The molecule has 0 aromatic carbocycles. The third-order valence-electron chi connectivity index (χ3n) is 19.0. The van der Waals surface area contributed by atoms with E-state index in [1.54, 1.807) is 0 Å². The molecule has 0 spiro atoms. The third kappa shape index (κ3) is 74.3. The number of carbonyl (C=O) groups excluding carboxylic acids is 4. The van der Waals surface area contributed by atoms with Gasteiger partial charge in [0.25, 0.3) is 0 Å². The zero-order valence-electron chi connectivity index (χ0n) is 65.5. The Morgan fingerprint density at radius 3 is 0.680 bits per heavy atom. The molecule has 0 amide bonds. The van der Waals surface area contributed by atoms with E-state index >= 15 is 0 Å². The monoisotopic (exact) mass is 1470 g/mol. The van der Waals surface area contributed by atoms with Gasteiger partial charge in [-0.1, -0.05) is 375 Å². The number of aliphatic hydroxyl groups excluding tert-OH is 1. The van der Waals surface area contributed by atoms with Gasteiger partial charge in [-0.15, -0.1) is 0 Å². The number of carbonyl (C=O) groups is 4. The average molecular weight is 1470 g/mol. The fourth-order valence-corrected chi connectivity index (χ4v) is 14.1. The average Bonchev–Trinajstić information content (AvgIpc) is 0.920. The highest BCUT2D eigenvalue weighted by Gasteiger charge is 2.30. The molecule has 0 aliphatic heterocycles. The quantitative estimate of drug-likeness (QED) is 0.0222. The van der Waals surface area contributed by atoms with Crippen LogP contribution in [0.2, 0.25) is 0 Å². The lowest BCUT2D eigenvalue weighted by Crippen LogP contribution is -2.30. The minimum absolute atomic E-state index is 0.108. The molecule has 3 N–H and O–H groups in total. The van der Waals surface area contributed by atoms with Gasteiger partial charge < -0.3 is 33.8 Å². The van der Waals surface area contributed by atoms with Crippen molar-refractivity contribution in [2.24, 2.45) is 11.8 Å². The number of phosphoric acid groups is 2. The predicted octanol–water partition coefficient (Wildman–Crippen LogP) is 24.3. The van der Waals surface area contributed by atoms with Crippen molar-refractivity contribution < 1.29 is 80.2 Å². The minimum Gasteiger partial charge on any atom is -0.462 e. The smallest absolute Gasteiger partial charge is 0.462 e. The molecule has 17 nitrogen and oxygen atoms in total. The number of aliphatic hydroxyl groups is 1. The number of phosphoric ester groups is 2. The van der Waals surface area contributed by atoms with Crippen molar-refractivity contribution in [1.29, 1.82) is 0 Å². The van der Waals surface area contributed by atoms with E-state index in [0.29, 0.717) is 25.7 Å². The van der Waals surface area contributed by atoms with E-state index in [1.165, 1.54) is 244 Å². The molecule has 594 valence electrons. The van der Waals surface area contributed by atoms with E-state index in [0.717, 1.165) is 102 Å². The van der Waals surface area contributed by atoms with Crippen LogP contribution in [0.3, 0.4) is 0 Å². The number of hydrogen-bond acceptors (Lipinski definition) is 15. The summed E-state index contributed by atoms with van der Waals surface area (Å²) in [5.74, 6) is -0.585. The lowest BCUT2D eigenvalue weighted by molar-refractivity contribution is -0.161. The second kappa shape index (κ2) is 72.6. The van der Waals surface area contributed by atoms with Crippen molar-refractivity contribution >= 4 is 39.5 Å². The van der Waals surface area contributed by atoms with E-state index in [4.69, 9.17) is 37.0 Å². The van der Waals surface area contributed by atoms with Gasteiger partial charge in [0, 0.05) is 25.7 Å². The number of unbranched alkanes of at least 4 members (excludes halogenated alkanes) is 50. The maximum absolute atomic E-state index is 13.1. The Labute approximate surface area is 613 Å². The molecule has 19 heteroatoms. The second-order valence-electron chi connectivity index (χ2n) is 30.1. The largest absolute Gasteiger partial charge is 0.472 e. The molecule has 0 aromatic heterocycles. The summed E-state index contributed by atoms with van der Waals surface area (Å²) in [6.07, 6.45) is 62.4. The first-order chi connectivity index (χ1) is 48.4. The van der Waals surface area contributed by atoms with Gasteiger partial charge in [0.15, 0.2) is 12.2 Å². The number of rotatable bonds is 80. The molecule has 100 heavy (non-hydrogen) atoms. The lowest BCUT2D eigenvalue weighted by Gasteiger charge is -2.21. The Hall–Kier alpha value is -1.94. The Morgan fingerprint density at radius 2 is 0.460 bits per heavy atom. The standard InChI is InChI=1S/C81H158O17P2/c1-7-9-11-13-15-17-19-21-23-25-30-34-38-45-51-57-63-78(83)91-69-76(97-80(85)66-60-54-48-40-36-32-28-27-29-33-37-43-49-55-61-73(3)4)71-95-99(87,88)93-67-75(82)68-94-100(89,90)96-72-77(70-92-79(84)64-58-52-46-42-41-44-50-56-62-74(5)6)98-81(86)65-59-53-47-39-35-31-26-24-22-20-18-16-14-12-10-8-2/h73-77,82H,7-72H2,1-6H3,(H,87,88)(H,89,90)/t75-,76-,77-/m1/s1. The maximum Gasteiger partial charge on any atom is 0.472 e. The number of hydrogen-bond donors (Lipinski definition) is 3. The van der Waals surface area contributed by atoms with Gasteiger partial charge >= 0.3 is 39.5 Å². The van der Waals surface area contributed by atoms with Crippen LogP contribution in [0.15, 0.2) is 0 Å². The zero-order chi connectivity index (χ0) is 73.5. The fraction of sp³-hybridized carbons (Fsp3) is 0.951. The lowest BCUT2D eigenvalue weighted by atomic mass is 10.0. The zero-order valence-corrected chi connectivity index (χ0v) is 67.3. The molecule has 0 saturated heterocycles. The molecular formula is C81H158O17P2. The van der Waals surface area contributed by atoms with Crippen LogP contribution in [0.5, 0.6) is 0 Å². The highest BCUT2D eigenvalue weighted by atomic mass is 31.2. The van der Waals surface area contributed by atoms with E-state index in [2.05, 4.69) is 41.5 Å². The maximum atomic E-state index is 13.1. The van der Waals surface area contributed by atoms with Crippen LogP contribution in [-0.4, -0.2) is 96.7 Å². The van der Waals surface area contributed by atoms with E-state index in [9.17, 15) is 43.2 Å². The first-order valence-electron chi connectivity index (χ1n) is 42.0. The van der Waals surface area contributed by atoms with E-state index in [-0.39, 0.29) is 25.7 Å². The minimum atomic E-state index is -4.96. The summed E-state index contributed by atoms with van der Waals surface area (Å²) in [5.41, 5.74) is 0. The summed E-state index contributed by atoms with van der Waals surface area (Å²) in [6, 6.07) is 0. The predicted molar refractivity (Wildman–Crippen MR) is 409 cm³/mol. The van der Waals surface area contributed by atoms with Crippen molar-refractivity contribution in [3.63, 3.8) is 0 Å². The van der Waals surface area contributed by atoms with Gasteiger partial charge in [0.05, 0.1) is 26.4 Å². The molecule has 0 heterocycles. The summed E-state index contributed by atoms with van der Waals surface area (Å²) in [5, 5.41) is 10.6. The second-order valence-corrected chi connectivity index (χ2v) is 33.0. The Bertz CT molecular complexity index is 1920. The van der Waals surface area contributed by atoms with Gasteiger partial charge in [-0.3, -0.25) is 37.3 Å². The molecule has 0 radical (unpaired) electrons. The Kier molecular flexibility index (Phi) is 71.2. The number of esters is 4. The normalized spacial score (nSPS) is 13.9. The van der Waals surface area contributed by atoms with Crippen molar-refractivity contribution in [3.05, 3.63) is 0 Å². The Morgan fingerprint density at radius 1 is 0.270 bits per heavy atom. The van der Waals surface area contributed by atoms with E-state index < -0.39 is 97.5 Å². The van der Waals surface area contributed by atoms with Gasteiger partial charge in [-0.2, -0.15) is 0 Å². The fourth-order valence-electron chi connectivity index (χ4n) is 12.5. The highest BCUT2D eigenvalue weighted by molar-refractivity contribution is 7.47. The van der Waals surface area contributed by atoms with Crippen LogP contribution in [0, 0.1) is 11.8 Å². The summed E-state index contributed by atoms with van der Waals surface area (Å²) >= 11 is 0. The topological polar surface area (TPSA) is 237 Å². The van der Waals surface area contributed by atoms with Gasteiger partial charge in [-0.05, 0) is 37.5 Å². The molecule has 0 saturated carbocycles. The van der Waals surface area contributed by atoms with Gasteiger partial charge in [0.2, 0.25) is 0 Å². The van der Waals surface area contributed by atoms with Crippen LogP contribution in [0.25, 0.3) is 0 Å². The molecule has 0 rings (SSSR count). The van der Waals surface area contributed by atoms with Crippen LogP contribution in [-0.2, 0) is 65.4 Å². The summed E-state index contributed by atoms with van der Waals surface area (Å²) in [7, 11) is -9.92. The van der Waals surface area contributed by atoms with Crippen molar-refractivity contribution in [1.82, 2.24) is 0 Å². The molecule has 0 bridgehead atoms. The Balaban J connectivity index is 5.26. The molecule has 2 unspecified atom stereocenters. The van der Waals surface area contributed by atoms with Gasteiger partial charge in [0.1, 0.15) is 19.3 Å². The third-order valence-corrected chi connectivity index (χ3v) is 20.9. The summed E-state index contributed by atoms with van der Waals surface area (Å²) in [6.45, 7) is 9.63. The van der Waals surface area contributed by atoms with Crippen molar-refractivity contribution in [3.8, 4) is 0 Å². The molecule has 5 atom stereocenters. The SMILES string of the molecule is CCCCCCCCCCCCCCCCCCC(=O)OC[C@H](COP(=O)(O)OC[C@@H](O)COP(=O)(O)OC[C@@H](COC(=O)CCCCCCCCCCC(C)C)OC(=O)CCCCCCCCCCCCCCCCCC)OC(=O)CCCCCCCCCCCCCCCCC(C)C. The highest BCUT2D eigenvalue weighted by Crippen LogP contribution is 2.45. The van der Waals surface area contributed by atoms with Gasteiger partial charge in [-0.25, -0.2) is 9.13 Å². The van der Waals surface area contributed by atoms with Crippen LogP contribution >= 0.6 is 15.6 Å². The van der Waals surface area contributed by atoms with E-state index in [1.807, 2.05) is 0 Å². The van der Waals surface area contributed by atoms with Crippen molar-refractivity contribution in [2.45, 2.75) is 445 Å². The first-order valence-corrected chi connectivity index (χ1v) is 45.0. The molecule has 0 fully saturated rings. The molecule has 0 aromatic rings. The molecular weight excluding hydrogens is 1310 g/mol. The van der Waals surface area contributed by atoms with Crippen LogP contribution in [0.1, 0.15) is 427 Å². The summed E-state index contributed by atoms with van der Waals surface area (Å²) in [4.78, 5) is 73.1. The van der Waals surface area contributed by atoms with Crippen LogP contribution < -0.4 is 0 Å². The molecule has 0 aliphatic carbocycles. The van der Waals surface area contributed by atoms with Crippen LogP contribution in [0.4, 0.5) is 0 Å².